The van der Waals surface area contributed by atoms with E-state index >= 15 is 0 Å². The first-order valence-corrected chi connectivity index (χ1v) is 14.9. The fourth-order valence-corrected chi connectivity index (χ4v) is 7.45. The van der Waals surface area contributed by atoms with Crippen LogP contribution in [0.4, 0.5) is 11.4 Å². The third-order valence-corrected chi connectivity index (χ3v) is 9.77. The Morgan fingerprint density at radius 2 is 1.37 bits per heavy atom. The van der Waals surface area contributed by atoms with Crippen molar-refractivity contribution in [3.05, 3.63) is 119 Å². The van der Waals surface area contributed by atoms with Gasteiger partial charge in [-0.15, -0.1) is 0 Å². The van der Waals surface area contributed by atoms with Crippen molar-refractivity contribution < 1.29 is 19.3 Å². The molecule has 0 unspecified atom stereocenters. The Morgan fingerprint density at radius 1 is 0.767 bits per heavy atom. The summed E-state index contributed by atoms with van der Waals surface area (Å²) >= 11 is 0. The van der Waals surface area contributed by atoms with Crippen LogP contribution in [-0.2, 0) is 20.4 Å². The van der Waals surface area contributed by atoms with E-state index < -0.39 is 22.4 Å². The van der Waals surface area contributed by atoms with Gasteiger partial charge in [-0.05, 0) is 49.2 Å². The summed E-state index contributed by atoms with van der Waals surface area (Å²) in [7, 11) is 1.99. The number of allylic oxidation sites excluding steroid dienone is 5. The topological polar surface area (TPSA) is 60.6 Å². The van der Waals surface area contributed by atoms with E-state index in [1.165, 1.54) is 0 Å². The molecule has 5 nitrogen and oxygen atoms in total. The minimum atomic E-state index is -0.677. The van der Waals surface area contributed by atoms with E-state index in [0.717, 1.165) is 55.5 Å². The number of ketones is 2. The van der Waals surface area contributed by atoms with E-state index in [4.69, 9.17) is 0 Å². The summed E-state index contributed by atoms with van der Waals surface area (Å²) in [5.74, 6) is -1.61. The number of nitrogens with zero attached hydrogens (tertiary/aromatic N) is 2. The Kier molecular flexibility index (Phi) is 5.74. The number of Topliss-reactive ketones (excluding diaryl/α,β-unsaturated/α-hetero) is 2. The van der Waals surface area contributed by atoms with Gasteiger partial charge in [0.05, 0.1) is 27.6 Å². The minimum absolute atomic E-state index is 0.0469. The third-order valence-electron chi connectivity index (χ3n) is 9.77. The van der Waals surface area contributed by atoms with Crippen LogP contribution in [0, 0.1) is 0 Å². The highest BCUT2D eigenvalue weighted by atomic mass is 16.3. The zero-order chi connectivity index (χ0) is 30.4. The molecule has 0 saturated carbocycles. The first-order chi connectivity index (χ1) is 20.5. The zero-order valence-corrected chi connectivity index (χ0v) is 25.4. The molecule has 0 radical (unpaired) electrons. The van der Waals surface area contributed by atoms with Crippen molar-refractivity contribution in [2.24, 2.45) is 0 Å². The maximum atomic E-state index is 13.5. The zero-order valence-electron chi connectivity index (χ0n) is 25.4. The molecule has 0 atom stereocenters. The van der Waals surface area contributed by atoms with E-state index in [-0.39, 0.29) is 16.9 Å². The predicted octanol–water partition coefficient (Wildman–Crippen LogP) is 7.59. The lowest BCUT2D eigenvalue weighted by Crippen LogP contribution is -2.27. The molecule has 0 bridgehead atoms. The Hall–Kier alpha value is -4.77. The summed E-state index contributed by atoms with van der Waals surface area (Å²) in [6.45, 7) is 11.2. The van der Waals surface area contributed by atoms with Gasteiger partial charge >= 0.3 is 0 Å². The Balaban J connectivity index is 1.38. The molecule has 2 heterocycles. The van der Waals surface area contributed by atoms with E-state index in [0.29, 0.717) is 6.54 Å². The van der Waals surface area contributed by atoms with Gasteiger partial charge in [-0.3, -0.25) is 9.59 Å². The molecule has 2 aliphatic heterocycles. The molecule has 43 heavy (non-hydrogen) atoms. The van der Waals surface area contributed by atoms with Gasteiger partial charge in [-0.25, -0.2) is 0 Å². The van der Waals surface area contributed by atoms with Crippen LogP contribution >= 0.6 is 0 Å². The van der Waals surface area contributed by atoms with Crippen LogP contribution in [0.2, 0.25) is 0 Å². The van der Waals surface area contributed by atoms with Crippen LogP contribution in [0.25, 0.3) is 21.5 Å². The molecule has 214 valence electrons. The number of aliphatic hydroxyl groups excluding tert-OH is 1. The first kappa shape index (κ1) is 27.1. The highest BCUT2D eigenvalue weighted by Crippen LogP contribution is 2.51. The van der Waals surface area contributed by atoms with E-state index in [2.05, 4.69) is 92.6 Å². The van der Waals surface area contributed by atoms with Crippen molar-refractivity contribution >= 4 is 50.2 Å². The van der Waals surface area contributed by atoms with Crippen LogP contribution in [0.1, 0.15) is 45.7 Å². The summed E-state index contributed by atoms with van der Waals surface area (Å²) in [5, 5.41) is 16.1. The maximum Gasteiger partial charge on any atom is 0.237 e. The van der Waals surface area contributed by atoms with Gasteiger partial charge in [-0.2, -0.15) is 4.58 Å². The first-order valence-electron chi connectivity index (χ1n) is 14.9. The number of fused-ring (bicyclic) bond motifs is 6. The number of benzene rings is 4. The van der Waals surface area contributed by atoms with E-state index in [1.807, 2.05) is 31.3 Å². The number of aliphatic hydroxyl groups is 1. The summed E-state index contributed by atoms with van der Waals surface area (Å²) in [5.41, 5.74) is 5.43. The molecule has 0 amide bonds. The molecule has 4 aromatic carbocycles. The molecule has 0 aromatic heterocycles. The summed E-state index contributed by atoms with van der Waals surface area (Å²) < 4.78 is 2.09. The molecule has 7 rings (SSSR count). The molecule has 3 aliphatic rings. The smallest absolute Gasteiger partial charge is 0.237 e. The summed E-state index contributed by atoms with van der Waals surface area (Å²) in [4.78, 5) is 29.2. The lowest BCUT2D eigenvalue weighted by Gasteiger charge is -2.26. The van der Waals surface area contributed by atoms with Crippen molar-refractivity contribution in [2.75, 3.05) is 18.5 Å². The SMILES string of the molecule is CCN1/C(=C\C2=C(O)C(=C/C3=[N+](C)c4c(ccc5ccccc45)C3(C)C)/C(=O)C2=O)C(C)(C)c2ccc3ccccc3c21. The highest BCUT2D eigenvalue weighted by molar-refractivity contribution is 6.54. The van der Waals surface area contributed by atoms with Crippen molar-refractivity contribution in [3.8, 4) is 0 Å². The standard InChI is InChI=1S/C38H34N2O3/c1-7-40-31(38(4,5)29-19-17-23-13-9-11-15-25(23)33(29)40)21-27-34(41)26(35(42)36(27)43)20-30-37(2,3)28-18-16-22-12-8-10-14-24(22)32(28)39(30)6/h8-21H,7H2,1-6H3/p+1. The largest absolute Gasteiger partial charge is 0.506 e. The highest BCUT2D eigenvalue weighted by Gasteiger charge is 2.47. The van der Waals surface area contributed by atoms with E-state index in [1.54, 1.807) is 12.2 Å². The second-order valence-electron chi connectivity index (χ2n) is 12.8. The molecule has 1 N–H and O–H groups in total. The number of rotatable bonds is 3. The van der Waals surface area contributed by atoms with Crippen molar-refractivity contribution in [3.63, 3.8) is 0 Å². The molecule has 1 aliphatic carbocycles. The van der Waals surface area contributed by atoms with Crippen LogP contribution in [0.3, 0.4) is 0 Å². The normalized spacial score (nSPS) is 20.8. The van der Waals surface area contributed by atoms with Crippen molar-refractivity contribution in [2.45, 2.75) is 45.4 Å². The Labute approximate surface area is 251 Å². The average molecular weight is 568 g/mol. The lowest BCUT2D eigenvalue weighted by molar-refractivity contribution is -0.399. The monoisotopic (exact) mass is 567 g/mol. The van der Waals surface area contributed by atoms with E-state index in [9.17, 15) is 14.7 Å². The lowest BCUT2D eigenvalue weighted by atomic mass is 9.80. The summed E-state index contributed by atoms with van der Waals surface area (Å²) in [6.07, 6.45) is 3.46. The molecular weight excluding hydrogens is 532 g/mol. The fraction of sp³-hybridized carbons (Fsp3) is 0.237. The molecule has 0 spiro atoms. The van der Waals surface area contributed by atoms with Crippen molar-refractivity contribution in [1.82, 2.24) is 0 Å². The van der Waals surface area contributed by atoms with Crippen molar-refractivity contribution in [1.29, 1.82) is 0 Å². The number of hydrogen-bond acceptors (Lipinski definition) is 4. The number of likely N-dealkylation sites (N-methyl/N-ethyl adjacent to an activating group) is 1. The van der Waals surface area contributed by atoms with Gasteiger partial charge < -0.3 is 10.0 Å². The second-order valence-corrected chi connectivity index (χ2v) is 12.8. The van der Waals surface area contributed by atoms with Crippen LogP contribution < -0.4 is 4.90 Å². The Morgan fingerprint density at radius 3 is 2.05 bits per heavy atom. The van der Waals surface area contributed by atoms with Crippen LogP contribution in [0.15, 0.2) is 108 Å². The Bertz CT molecular complexity index is 2070. The third kappa shape index (κ3) is 3.60. The molecule has 0 saturated heterocycles. The molecular formula is C38H35N2O3+. The van der Waals surface area contributed by atoms with Gasteiger partial charge in [0.1, 0.15) is 12.8 Å². The second kappa shape index (κ2) is 9.11. The number of carbonyl (C=O) groups excluding carboxylic acids is 2. The summed E-state index contributed by atoms with van der Waals surface area (Å²) in [6, 6.07) is 25.1. The number of anilines is 1. The van der Waals surface area contributed by atoms with Gasteiger partial charge in [0, 0.05) is 34.7 Å². The van der Waals surface area contributed by atoms with Gasteiger partial charge in [0.15, 0.2) is 5.71 Å². The average Bonchev–Trinajstić information content (AvgIpc) is 3.44. The van der Waals surface area contributed by atoms with Gasteiger partial charge in [-0.1, -0.05) is 80.6 Å². The quantitative estimate of drug-likeness (QED) is 0.157. The minimum Gasteiger partial charge on any atom is -0.506 e. The molecule has 0 fully saturated rings. The molecule has 5 heteroatoms. The number of carbonyl (C=O) groups is 2. The van der Waals surface area contributed by atoms with Gasteiger partial charge in [0.25, 0.3) is 0 Å². The number of hydrogen-bond donors (Lipinski definition) is 1. The van der Waals surface area contributed by atoms with Crippen LogP contribution in [-0.4, -0.2) is 40.6 Å². The van der Waals surface area contributed by atoms with Crippen LogP contribution in [0.5, 0.6) is 0 Å². The molecule has 4 aromatic rings. The fourth-order valence-electron chi connectivity index (χ4n) is 7.45. The predicted molar refractivity (Wildman–Crippen MR) is 174 cm³/mol. The van der Waals surface area contributed by atoms with Gasteiger partial charge in [0.2, 0.25) is 17.3 Å². The maximum absolute atomic E-state index is 13.5.